The summed E-state index contributed by atoms with van der Waals surface area (Å²) in [5, 5.41) is 22.8. The van der Waals surface area contributed by atoms with E-state index >= 15 is 0 Å². The van der Waals surface area contributed by atoms with Crippen molar-refractivity contribution in [3.05, 3.63) is 60.2 Å². The van der Waals surface area contributed by atoms with Gasteiger partial charge in [0.1, 0.15) is 0 Å². The summed E-state index contributed by atoms with van der Waals surface area (Å²) in [5.41, 5.74) is 1.70. The van der Waals surface area contributed by atoms with Gasteiger partial charge in [-0.15, -0.1) is 0 Å². The second kappa shape index (κ2) is 6.98. The van der Waals surface area contributed by atoms with Gasteiger partial charge < -0.3 is 10.4 Å². The van der Waals surface area contributed by atoms with Gasteiger partial charge in [0.25, 0.3) is 0 Å². The fraction of sp³-hybridized carbons (Fsp3) is 0.143. The monoisotopic (exact) mass is 272 g/mol. The van der Waals surface area contributed by atoms with E-state index in [1.807, 2.05) is 58.2 Å². The Balaban J connectivity index is 1.94. The van der Waals surface area contributed by atoms with Crippen LogP contribution in [0.25, 0.3) is 0 Å². The van der Waals surface area contributed by atoms with Crippen LogP contribution in [0.1, 0.15) is 11.1 Å². The first-order chi connectivity index (χ1) is 9.81. The normalized spacial score (nSPS) is 11.4. The Bertz CT molecular complexity index is 536. The minimum absolute atomic E-state index is 0.828. The highest BCUT2D eigenvalue weighted by molar-refractivity contribution is 5.78. The van der Waals surface area contributed by atoms with E-state index < -0.39 is 0 Å². The van der Waals surface area contributed by atoms with Crippen LogP contribution in [0.3, 0.4) is 0 Å². The van der Waals surface area contributed by atoms with Gasteiger partial charge in [-0.2, -0.15) is 9.13 Å². The van der Waals surface area contributed by atoms with E-state index in [1.54, 1.807) is 0 Å². The molecule has 2 N–H and O–H groups in total. The highest BCUT2D eigenvalue weighted by Crippen LogP contribution is 1.91. The maximum atomic E-state index is 8.44. The predicted molar refractivity (Wildman–Crippen MR) is 72.0 cm³/mol. The molecule has 2 heterocycles. The highest BCUT2D eigenvalue weighted by Gasteiger charge is 2.06. The van der Waals surface area contributed by atoms with Crippen molar-refractivity contribution in [1.29, 1.82) is 0 Å². The van der Waals surface area contributed by atoms with Crippen LogP contribution in [-0.4, -0.2) is 22.8 Å². The van der Waals surface area contributed by atoms with E-state index in [0.29, 0.717) is 0 Å². The van der Waals surface area contributed by atoms with Crippen LogP contribution >= 0.6 is 0 Å². The fourth-order valence-corrected chi connectivity index (χ4v) is 1.77. The third-order valence-electron chi connectivity index (χ3n) is 2.86. The molecule has 0 saturated heterocycles. The van der Waals surface area contributed by atoms with Crippen molar-refractivity contribution in [3.63, 3.8) is 0 Å². The minimum atomic E-state index is 0.828. The topological polar surface area (TPSA) is 72.9 Å². The molecule has 20 heavy (non-hydrogen) atoms. The largest absolute Gasteiger partial charge is 0.411 e. The van der Waals surface area contributed by atoms with Gasteiger partial charge in [0.05, 0.1) is 12.4 Å². The highest BCUT2D eigenvalue weighted by atomic mass is 16.4. The average Bonchev–Trinajstić information content (AvgIpc) is 2.49. The van der Waals surface area contributed by atoms with Crippen LogP contribution in [0.5, 0.6) is 0 Å². The van der Waals surface area contributed by atoms with E-state index in [4.69, 9.17) is 10.4 Å². The summed E-state index contributed by atoms with van der Waals surface area (Å²) in [6.45, 7) is 1.66. The Morgan fingerprint density at radius 3 is 1.40 bits per heavy atom. The lowest BCUT2D eigenvalue weighted by Gasteiger charge is -1.96. The van der Waals surface area contributed by atoms with Crippen molar-refractivity contribution in [2.75, 3.05) is 0 Å². The quantitative estimate of drug-likeness (QED) is 0.361. The first kappa shape index (κ1) is 13.7. The van der Waals surface area contributed by atoms with Crippen molar-refractivity contribution >= 4 is 12.4 Å². The van der Waals surface area contributed by atoms with E-state index in [0.717, 1.165) is 24.2 Å². The lowest BCUT2D eigenvalue weighted by atomic mass is 10.3. The van der Waals surface area contributed by atoms with Gasteiger partial charge in [-0.3, -0.25) is 0 Å². The Labute approximate surface area is 116 Å². The summed E-state index contributed by atoms with van der Waals surface area (Å²) in [7, 11) is 0. The summed E-state index contributed by atoms with van der Waals surface area (Å²) in [4.78, 5) is 0. The molecule has 0 fully saturated rings. The SMILES string of the molecule is ON=Cc1cc[n+](CC[n+]2ccc(C=NO)cc2)cc1. The molecule has 0 aliphatic carbocycles. The second-order valence-corrected chi connectivity index (χ2v) is 4.23. The van der Waals surface area contributed by atoms with Crippen LogP contribution in [0, 0.1) is 0 Å². The molecule has 6 heteroatoms. The maximum Gasteiger partial charge on any atom is 0.206 e. The van der Waals surface area contributed by atoms with Crippen LogP contribution in [0.15, 0.2) is 59.4 Å². The van der Waals surface area contributed by atoms with Gasteiger partial charge >= 0.3 is 0 Å². The molecule has 0 unspecified atom stereocenters. The van der Waals surface area contributed by atoms with Crippen LogP contribution in [0.4, 0.5) is 0 Å². The Morgan fingerprint density at radius 2 is 1.10 bits per heavy atom. The number of hydrogen-bond acceptors (Lipinski definition) is 4. The zero-order valence-corrected chi connectivity index (χ0v) is 10.9. The Hall–Kier alpha value is -2.76. The molecule has 0 radical (unpaired) electrons. The summed E-state index contributed by atoms with van der Waals surface area (Å²) >= 11 is 0. The average molecular weight is 272 g/mol. The minimum Gasteiger partial charge on any atom is -0.411 e. The molecular weight excluding hydrogens is 256 g/mol. The summed E-state index contributed by atoms with van der Waals surface area (Å²) in [6, 6.07) is 7.52. The Kier molecular flexibility index (Phi) is 4.77. The fourth-order valence-electron chi connectivity index (χ4n) is 1.77. The summed E-state index contributed by atoms with van der Waals surface area (Å²) < 4.78 is 4.09. The van der Waals surface area contributed by atoms with Gasteiger partial charge in [-0.25, -0.2) is 0 Å². The Morgan fingerprint density at radius 1 is 0.750 bits per heavy atom. The third kappa shape index (κ3) is 3.88. The van der Waals surface area contributed by atoms with Crippen LogP contribution < -0.4 is 9.13 Å². The number of oxime groups is 2. The number of pyridine rings is 2. The lowest BCUT2D eigenvalue weighted by molar-refractivity contribution is -0.778. The van der Waals surface area contributed by atoms with Crippen molar-refractivity contribution < 1.29 is 19.5 Å². The summed E-state index contributed by atoms with van der Waals surface area (Å²) in [5.74, 6) is 0. The smallest absolute Gasteiger partial charge is 0.206 e. The zero-order valence-electron chi connectivity index (χ0n) is 10.9. The molecule has 0 spiro atoms. The number of aromatic nitrogens is 2. The van der Waals surface area contributed by atoms with E-state index in [1.165, 1.54) is 12.4 Å². The van der Waals surface area contributed by atoms with Gasteiger partial charge in [-0.1, -0.05) is 10.3 Å². The number of aryl methyl sites for hydroxylation is 2. The van der Waals surface area contributed by atoms with Crippen LogP contribution in [0.2, 0.25) is 0 Å². The second-order valence-electron chi connectivity index (χ2n) is 4.23. The molecule has 102 valence electrons. The first-order valence-corrected chi connectivity index (χ1v) is 6.15. The molecule has 0 aliphatic rings. The van der Waals surface area contributed by atoms with Crippen LogP contribution in [-0.2, 0) is 13.1 Å². The van der Waals surface area contributed by atoms with Crippen molar-refractivity contribution in [3.8, 4) is 0 Å². The van der Waals surface area contributed by atoms with Crippen molar-refractivity contribution in [2.45, 2.75) is 13.1 Å². The van der Waals surface area contributed by atoms with E-state index in [9.17, 15) is 0 Å². The zero-order chi connectivity index (χ0) is 14.2. The molecular formula is C14H16N4O2+2. The molecule has 0 atom stereocenters. The van der Waals surface area contributed by atoms with Crippen molar-refractivity contribution in [1.82, 2.24) is 0 Å². The molecule has 0 amide bonds. The molecule has 2 aromatic heterocycles. The number of nitrogens with zero attached hydrogens (tertiary/aromatic N) is 4. The third-order valence-corrected chi connectivity index (χ3v) is 2.86. The van der Waals surface area contributed by atoms with Gasteiger partial charge in [-0.05, 0) is 0 Å². The molecule has 6 nitrogen and oxygen atoms in total. The molecule has 0 bridgehead atoms. The lowest BCUT2D eigenvalue weighted by Crippen LogP contribution is -2.43. The van der Waals surface area contributed by atoms with Gasteiger partial charge in [0, 0.05) is 35.4 Å². The van der Waals surface area contributed by atoms with Gasteiger partial charge in [0.2, 0.25) is 13.1 Å². The first-order valence-electron chi connectivity index (χ1n) is 6.15. The number of hydrogen-bond donors (Lipinski definition) is 2. The summed E-state index contributed by atoms with van der Waals surface area (Å²) in [6.07, 6.45) is 10.5. The van der Waals surface area contributed by atoms with Gasteiger partial charge in [0.15, 0.2) is 24.8 Å². The van der Waals surface area contributed by atoms with E-state index in [2.05, 4.69) is 10.3 Å². The molecule has 2 rings (SSSR count). The molecule has 0 aliphatic heterocycles. The molecule has 0 aromatic carbocycles. The number of rotatable bonds is 5. The standard InChI is InChI=1S/C14H14N4O2/c19-15-11-13-1-5-17(6-2-13)9-10-18-7-3-14(4-8-18)12-16-20/h1-8,11-12H,9-10H2/p+2. The van der Waals surface area contributed by atoms with E-state index in [-0.39, 0.29) is 0 Å². The van der Waals surface area contributed by atoms with Crippen molar-refractivity contribution in [2.24, 2.45) is 10.3 Å². The molecule has 2 aromatic rings. The molecule has 0 saturated carbocycles. The maximum absolute atomic E-state index is 8.44. The predicted octanol–water partition coefficient (Wildman–Crippen LogP) is 0.578.